The molecule has 1 aliphatic heterocycles. The van der Waals surface area contributed by atoms with Crippen molar-refractivity contribution >= 4 is 15.9 Å². The third-order valence-corrected chi connectivity index (χ3v) is 3.23. The highest BCUT2D eigenvalue weighted by Crippen LogP contribution is 2.25. The first-order chi connectivity index (χ1) is 5.38. The highest BCUT2D eigenvalue weighted by molar-refractivity contribution is 9.09. The van der Waals surface area contributed by atoms with Crippen molar-refractivity contribution in [2.75, 3.05) is 18.4 Å². The minimum atomic E-state index is 0.932. The average Bonchev–Trinajstić information content (AvgIpc) is 2.06. The van der Waals surface area contributed by atoms with Gasteiger partial charge in [-0.1, -0.05) is 29.3 Å². The zero-order chi connectivity index (χ0) is 8.10. The van der Waals surface area contributed by atoms with Crippen LogP contribution in [0, 0.1) is 11.8 Å². The molecule has 0 radical (unpaired) electrons. The van der Waals surface area contributed by atoms with Gasteiger partial charge in [0, 0.05) is 5.33 Å². The van der Waals surface area contributed by atoms with Crippen LogP contribution in [0.2, 0.25) is 0 Å². The van der Waals surface area contributed by atoms with E-state index in [0.29, 0.717) is 0 Å². The van der Waals surface area contributed by atoms with Crippen LogP contribution in [0.3, 0.4) is 0 Å². The molecule has 11 heavy (non-hydrogen) atoms. The molecule has 1 N–H and O–H groups in total. The number of halogens is 1. The highest BCUT2D eigenvalue weighted by atomic mass is 79.9. The maximum absolute atomic E-state index is 3.52. The second kappa shape index (κ2) is 5.15. The molecule has 1 nitrogen and oxygen atoms in total. The lowest BCUT2D eigenvalue weighted by Crippen LogP contribution is -2.36. The van der Waals surface area contributed by atoms with Crippen LogP contribution in [-0.4, -0.2) is 18.4 Å². The van der Waals surface area contributed by atoms with Crippen LogP contribution in [-0.2, 0) is 0 Å². The lowest BCUT2D eigenvalue weighted by atomic mass is 9.83. The molecule has 1 saturated heterocycles. The van der Waals surface area contributed by atoms with Gasteiger partial charge in [0.15, 0.2) is 0 Å². The Labute approximate surface area is 78.1 Å². The fourth-order valence-corrected chi connectivity index (χ4v) is 2.56. The van der Waals surface area contributed by atoms with Gasteiger partial charge in [-0.05, 0) is 37.8 Å². The van der Waals surface area contributed by atoms with Crippen LogP contribution in [0.5, 0.6) is 0 Å². The van der Waals surface area contributed by atoms with Gasteiger partial charge in [-0.15, -0.1) is 0 Å². The van der Waals surface area contributed by atoms with Gasteiger partial charge >= 0.3 is 0 Å². The lowest BCUT2D eigenvalue weighted by Gasteiger charge is -2.31. The minimum absolute atomic E-state index is 0.932. The molecule has 0 aromatic rings. The molecule has 66 valence electrons. The van der Waals surface area contributed by atoms with Crippen molar-refractivity contribution in [2.45, 2.75) is 26.2 Å². The van der Waals surface area contributed by atoms with Gasteiger partial charge in [-0.3, -0.25) is 0 Å². The lowest BCUT2D eigenvalue weighted by molar-refractivity contribution is 0.243. The summed E-state index contributed by atoms with van der Waals surface area (Å²) in [5.41, 5.74) is 0. The first-order valence-corrected chi connectivity index (χ1v) is 5.77. The Balaban J connectivity index is 2.31. The Morgan fingerprint density at radius 1 is 1.45 bits per heavy atom. The summed E-state index contributed by atoms with van der Waals surface area (Å²) in [6.07, 6.45) is 4.08. The first kappa shape index (κ1) is 9.53. The molecule has 0 aliphatic carbocycles. The monoisotopic (exact) mass is 219 g/mol. The first-order valence-electron chi connectivity index (χ1n) is 4.65. The molecule has 0 bridgehead atoms. The molecule has 1 aliphatic rings. The molecule has 0 aromatic heterocycles. The maximum Gasteiger partial charge on any atom is 0.00340 e. The van der Waals surface area contributed by atoms with E-state index in [4.69, 9.17) is 0 Å². The summed E-state index contributed by atoms with van der Waals surface area (Å²) in [4.78, 5) is 0. The third-order valence-electron chi connectivity index (χ3n) is 2.77. The molecule has 0 saturated carbocycles. The van der Waals surface area contributed by atoms with E-state index in [0.717, 1.165) is 11.8 Å². The number of alkyl halides is 1. The summed E-state index contributed by atoms with van der Waals surface area (Å²) in [5, 5.41) is 4.63. The van der Waals surface area contributed by atoms with E-state index >= 15 is 0 Å². The van der Waals surface area contributed by atoms with Crippen LogP contribution in [0.15, 0.2) is 0 Å². The fraction of sp³-hybridized carbons (Fsp3) is 1.00. The van der Waals surface area contributed by atoms with Gasteiger partial charge in [0.1, 0.15) is 0 Å². The summed E-state index contributed by atoms with van der Waals surface area (Å²) in [7, 11) is 0. The molecule has 1 fully saturated rings. The number of piperidine rings is 1. The van der Waals surface area contributed by atoms with Crippen LogP contribution < -0.4 is 5.32 Å². The van der Waals surface area contributed by atoms with E-state index < -0.39 is 0 Å². The molecule has 2 heteroatoms. The third kappa shape index (κ3) is 2.75. The SMILES string of the molecule is CC[C@@H]1CNCC[C@@H]1CCBr. The van der Waals surface area contributed by atoms with Crippen LogP contribution in [0.4, 0.5) is 0 Å². The molecular formula is C9H18BrN. The molecule has 1 rings (SSSR count). The Hall–Kier alpha value is 0.440. The van der Waals surface area contributed by atoms with Gasteiger partial charge in [-0.25, -0.2) is 0 Å². The van der Waals surface area contributed by atoms with Crippen molar-refractivity contribution in [3.8, 4) is 0 Å². The van der Waals surface area contributed by atoms with Crippen molar-refractivity contribution in [3.63, 3.8) is 0 Å². The minimum Gasteiger partial charge on any atom is -0.316 e. The predicted molar refractivity (Wildman–Crippen MR) is 53.2 cm³/mol. The topological polar surface area (TPSA) is 12.0 Å². The second-order valence-electron chi connectivity index (χ2n) is 3.40. The van der Waals surface area contributed by atoms with Gasteiger partial charge in [0.05, 0.1) is 0 Å². The second-order valence-corrected chi connectivity index (χ2v) is 4.19. The zero-order valence-corrected chi connectivity index (χ0v) is 8.86. The molecular weight excluding hydrogens is 202 g/mol. The quantitative estimate of drug-likeness (QED) is 0.720. The Morgan fingerprint density at radius 2 is 2.27 bits per heavy atom. The van der Waals surface area contributed by atoms with Crippen molar-refractivity contribution < 1.29 is 0 Å². The molecule has 0 amide bonds. The highest BCUT2D eigenvalue weighted by Gasteiger charge is 2.22. The van der Waals surface area contributed by atoms with Gasteiger partial charge in [0.2, 0.25) is 0 Å². The van der Waals surface area contributed by atoms with Crippen molar-refractivity contribution in [1.29, 1.82) is 0 Å². The number of nitrogens with one attached hydrogen (secondary N) is 1. The van der Waals surface area contributed by atoms with Crippen molar-refractivity contribution in [1.82, 2.24) is 5.32 Å². The smallest absolute Gasteiger partial charge is 0.00340 e. The molecule has 1 heterocycles. The average molecular weight is 220 g/mol. The van der Waals surface area contributed by atoms with Gasteiger partial charge in [-0.2, -0.15) is 0 Å². The molecule has 2 atom stereocenters. The Kier molecular flexibility index (Phi) is 4.46. The van der Waals surface area contributed by atoms with Crippen LogP contribution >= 0.6 is 15.9 Å². The van der Waals surface area contributed by atoms with Crippen molar-refractivity contribution in [2.24, 2.45) is 11.8 Å². The molecule has 0 aromatic carbocycles. The van der Waals surface area contributed by atoms with Crippen LogP contribution in [0.1, 0.15) is 26.2 Å². The Bertz CT molecular complexity index is 104. The van der Waals surface area contributed by atoms with E-state index in [1.165, 1.54) is 37.7 Å². The standard InChI is InChI=1S/C9H18BrN/c1-2-8-7-11-6-4-9(8)3-5-10/h8-9,11H,2-7H2,1H3/t8-,9+/m1/s1. The van der Waals surface area contributed by atoms with E-state index in [1.807, 2.05) is 0 Å². The molecule has 0 unspecified atom stereocenters. The van der Waals surface area contributed by atoms with E-state index in [2.05, 4.69) is 28.2 Å². The maximum atomic E-state index is 3.52. The summed E-state index contributed by atoms with van der Waals surface area (Å²) in [5.74, 6) is 1.90. The summed E-state index contributed by atoms with van der Waals surface area (Å²) >= 11 is 3.52. The van der Waals surface area contributed by atoms with Gasteiger partial charge < -0.3 is 5.32 Å². The van der Waals surface area contributed by atoms with Gasteiger partial charge in [0.25, 0.3) is 0 Å². The Morgan fingerprint density at radius 3 is 2.91 bits per heavy atom. The molecule has 0 spiro atoms. The number of rotatable bonds is 3. The van der Waals surface area contributed by atoms with E-state index in [-0.39, 0.29) is 0 Å². The summed E-state index contributed by atoms with van der Waals surface area (Å²) < 4.78 is 0. The zero-order valence-electron chi connectivity index (χ0n) is 7.28. The van der Waals surface area contributed by atoms with E-state index in [9.17, 15) is 0 Å². The predicted octanol–water partition coefficient (Wildman–Crippen LogP) is 2.41. The van der Waals surface area contributed by atoms with Crippen LogP contribution in [0.25, 0.3) is 0 Å². The number of hydrogen-bond acceptors (Lipinski definition) is 1. The van der Waals surface area contributed by atoms with E-state index in [1.54, 1.807) is 0 Å². The number of hydrogen-bond donors (Lipinski definition) is 1. The van der Waals surface area contributed by atoms with Crippen molar-refractivity contribution in [3.05, 3.63) is 0 Å². The normalized spacial score (nSPS) is 32.2. The summed E-state index contributed by atoms with van der Waals surface area (Å²) in [6, 6.07) is 0. The fourth-order valence-electron chi connectivity index (χ4n) is 1.98. The summed E-state index contributed by atoms with van der Waals surface area (Å²) in [6.45, 7) is 4.78. The largest absolute Gasteiger partial charge is 0.316 e.